The van der Waals surface area contributed by atoms with Crippen molar-refractivity contribution in [3.05, 3.63) is 64.4 Å². The Bertz CT molecular complexity index is 864. The van der Waals surface area contributed by atoms with Gasteiger partial charge in [-0.2, -0.15) is 5.10 Å². The third-order valence-electron chi connectivity index (χ3n) is 3.96. The molecule has 3 rings (SSSR count). The SMILES string of the molecule is CNC(=O)c1[nH]nc2c1C(=O)C(SCCCOC1C=CC=CC=C1)=CC2=O. The Morgan fingerprint density at radius 2 is 2.00 bits per heavy atom. The van der Waals surface area contributed by atoms with Crippen LogP contribution in [-0.4, -0.2) is 53.2 Å². The molecule has 27 heavy (non-hydrogen) atoms. The van der Waals surface area contributed by atoms with Gasteiger partial charge in [0.05, 0.1) is 16.6 Å². The fourth-order valence-electron chi connectivity index (χ4n) is 2.63. The number of carbonyl (C=O) groups is 3. The maximum Gasteiger partial charge on any atom is 0.269 e. The molecule has 2 N–H and O–H groups in total. The molecule has 0 aromatic carbocycles. The van der Waals surface area contributed by atoms with E-state index in [9.17, 15) is 14.4 Å². The smallest absolute Gasteiger partial charge is 0.269 e. The molecule has 0 saturated carbocycles. The number of hydrogen-bond acceptors (Lipinski definition) is 6. The van der Waals surface area contributed by atoms with Gasteiger partial charge < -0.3 is 10.1 Å². The Morgan fingerprint density at radius 3 is 2.70 bits per heavy atom. The fraction of sp³-hybridized carbons (Fsp3) is 0.263. The van der Waals surface area contributed by atoms with Crippen LogP contribution in [0.1, 0.15) is 37.8 Å². The predicted octanol–water partition coefficient (Wildman–Crippen LogP) is 2.22. The minimum Gasteiger partial charge on any atom is -0.370 e. The first-order valence-electron chi connectivity index (χ1n) is 8.49. The van der Waals surface area contributed by atoms with E-state index in [2.05, 4.69) is 15.5 Å². The van der Waals surface area contributed by atoms with Crippen LogP contribution in [0, 0.1) is 0 Å². The van der Waals surface area contributed by atoms with E-state index in [1.165, 1.54) is 24.9 Å². The summed E-state index contributed by atoms with van der Waals surface area (Å²) in [4.78, 5) is 37.1. The van der Waals surface area contributed by atoms with Crippen molar-refractivity contribution in [2.45, 2.75) is 12.5 Å². The maximum atomic E-state index is 12.7. The molecule has 0 spiro atoms. The number of thioether (sulfide) groups is 1. The first-order chi connectivity index (χ1) is 13.1. The number of nitrogens with zero attached hydrogens (tertiary/aromatic N) is 1. The lowest BCUT2D eigenvalue weighted by Crippen LogP contribution is -2.23. The molecule has 0 atom stereocenters. The Balaban J connectivity index is 1.55. The Hall–Kier alpha value is -2.71. The average Bonchev–Trinajstić information content (AvgIpc) is 2.96. The molecule has 0 fully saturated rings. The van der Waals surface area contributed by atoms with Crippen molar-refractivity contribution < 1.29 is 19.1 Å². The van der Waals surface area contributed by atoms with Crippen molar-refractivity contribution in [3.8, 4) is 0 Å². The number of nitrogens with one attached hydrogen (secondary N) is 2. The molecule has 0 unspecified atom stereocenters. The third kappa shape index (κ3) is 4.35. The molecule has 1 heterocycles. The van der Waals surface area contributed by atoms with Gasteiger partial charge in [0.2, 0.25) is 11.6 Å². The fourth-order valence-corrected chi connectivity index (χ4v) is 3.53. The highest BCUT2D eigenvalue weighted by molar-refractivity contribution is 8.04. The first-order valence-corrected chi connectivity index (χ1v) is 9.47. The minimum atomic E-state index is -0.483. The summed E-state index contributed by atoms with van der Waals surface area (Å²) < 4.78 is 5.74. The lowest BCUT2D eigenvalue weighted by molar-refractivity contribution is 0.0945. The number of H-pyrrole nitrogens is 1. The standard InChI is InChI=1S/C19H19N3O4S/c1-20-19(25)17-15-16(21-22-17)13(23)11-14(18(15)24)27-10-6-9-26-12-7-4-2-3-5-8-12/h2-5,7-8,11-12H,6,9-10H2,1H3,(H,20,25)(H,21,22). The van der Waals surface area contributed by atoms with Gasteiger partial charge in [0, 0.05) is 25.5 Å². The lowest BCUT2D eigenvalue weighted by atomic mass is 9.99. The quantitative estimate of drug-likeness (QED) is 0.698. The topological polar surface area (TPSA) is 101 Å². The number of aromatic amines is 1. The van der Waals surface area contributed by atoms with Crippen molar-refractivity contribution in [1.82, 2.24) is 15.5 Å². The maximum absolute atomic E-state index is 12.7. The molecule has 1 aromatic heterocycles. The number of carbonyl (C=O) groups excluding carboxylic acids is 3. The van der Waals surface area contributed by atoms with Gasteiger partial charge in [0.1, 0.15) is 11.4 Å². The number of rotatable bonds is 7. The van der Waals surface area contributed by atoms with E-state index in [-0.39, 0.29) is 34.6 Å². The number of fused-ring (bicyclic) bond motifs is 1. The molecule has 140 valence electrons. The number of allylic oxidation sites excluding steroid dienone is 6. The van der Waals surface area contributed by atoms with Gasteiger partial charge in [0.15, 0.2) is 0 Å². The monoisotopic (exact) mass is 385 g/mol. The minimum absolute atomic E-state index is 0.00756. The number of ketones is 2. The summed E-state index contributed by atoms with van der Waals surface area (Å²) in [5, 5.41) is 8.73. The highest BCUT2D eigenvalue weighted by Gasteiger charge is 2.33. The number of Topliss-reactive ketones (excluding diaryl/α,β-unsaturated/α-hetero) is 1. The molecule has 2 aliphatic carbocycles. The van der Waals surface area contributed by atoms with Gasteiger partial charge in [-0.3, -0.25) is 19.5 Å². The van der Waals surface area contributed by atoms with Crippen LogP contribution in [0.5, 0.6) is 0 Å². The second-order valence-corrected chi connectivity index (χ2v) is 6.93. The molecule has 8 heteroatoms. The normalized spacial score (nSPS) is 16.3. The van der Waals surface area contributed by atoms with E-state index in [1.54, 1.807) is 0 Å². The van der Waals surface area contributed by atoms with Crippen LogP contribution in [0.25, 0.3) is 0 Å². The van der Waals surface area contributed by atoms with E-state index in [1.807, 2.05) is 36.5 Å². The van der Waals surface area contributed by atoms with Gasteiger partial charge in [-0.05, 0) is 6.42 Å². The molecule has 2 aliphatic rings. The summed E-state index contributed by atoms with van der Waals surface area (Å²) >= 11 is 1.28. The van der Waals surface area contributed by atoms with Gasteiger partial charge >= 0.3 is 0 Å². The Kier molecular flexibility index (Phi) is 6.20. The summed E-state index contributed by atoms with van der Waals surface area (Å²) in [6.07, 6.45) is 13.6. The van der Waals surface area contributed by atoms with E-state index < -0.39 is 5.91 Å². The van der Waals surface area contributed by atoms with Crippen molar-refractivity contribution in [2.24, 2.45) is 0 Å². The van der Waals surface area contributed by atoms with Crippen molar-refractivity contribution >= 4 is 29.2 Å². The average molecular weight is 385 g/mol. The van der Waals surface area contributed by atoms with Crippen LogP contribution in [0.15, 0.2) is 47.4 Å². The van der Waals surface area contributed by atoms with Gasteiger partial charge in [-0.1, -0.05) is 36.5 Å². The number of aromatic nitrogens is 2. The van der Waals surface area contributed by atoms with Gasteiger partial charge in [0.25, 0.3) is 5.91 Å². The number of amides is 1. The molecule has 0 radical (unpaired) electrons. The zero-order valence-corrected chi connectivity index (χ0v) is 15.5. The summed E-state index contributed by atoms with van der Waals surface area (Å²) in [6.45, 7) is 0.530. The van der Waals surface area contributed by atoms with Crippen LogP contribution in [0.2, 0.25) is 0 Å². The van der Waals surface area contributed by atoms with E-state index >= 15 is 0 Å². The second-order valence-electron chi connectivity index (χ2n) is 5.80. The zero-order chi connectivity index (χ0) is 19.2. The predicted molar refractivity (Wildman–Crippen MR) is 103 cm³/mol. The largest absolute Gasteiger partial charge is 0.370 e. The zero-order valence-electron chi connectivity index (χ0n) is 14.7. The van der Waals surface area contributed by atoms with E-state index in [0.29, 0.717) is 17.3 Å². The highest BCUT2D eigenvalue weighted by atomic mass is 32.2. The first kappa shape index (κ1) is 19.1. The number of hydrogen-bond donors (Lipinski definition) is 2. The van der Waals surface area contributed by atoms with Crippen molar-refractivity contribution in [2.75, 3.05) is 19.4 Å². The summed E-state index contributed by atoms with van der Waals surface area (Å²) in [5.41, 5.74) is 0.0505. The van der Waals surface area contributed by atoms with Crippen LogP contribution in [0.4, 0.5) is 0 Å². The molecular formula is C19H19N3O4S. The summed E-state index contributed by atoms with van der Waals surface area (Å²) in [5.74, 6) is -0.603. The molecule has 0 aliphatic heterocycles. The van der Waals surface area contributed by atoms with Crippen LogP contribution in [0.3, 0.4) is 0 Å². The highest BCUT2D eigenvalue weighted by Crippen LogP contribution is 2.29. The Morgan fingerprint density at radius 1 is 1.26 bits per heavy atom. The molecule has 1 amide bonds. The van der Waals surface area contributed by atoms with Crippen LogP contribution in [-0.2, 0) is 4.74 Å². The van der Waals surface area contributed by atoms with E-state index in [0.717, 1.165) is 6.42 Å². The number of ether oxygens (including phenoxy) is 1. The third-order valence-corrected chi connectivity index (χ3v) is 5.07. The van der Waals surface area contributed by atoms with Crippen LogP contribution < -0.4 is 5.32 Å². The second kappa shape index (κ2) is 8.79. The lowest BCUT2D eigenvalue weighted by Gasteiger charge is -2.12. The van der Waals surface area contributed by atoms with Crippen molar-refractivity contribution in [3.63, 3.8) is 0 Å². The summed E-state index contributed by atoms with van der Waals surface area (Å²) in [7, 11) is 1.45. The summed E-state index contributed by atoms with van der Waals surface area (Å²) in [6, 6.07) is 0. The van der Waals surface area contributed by atoms with Crippen molar-refractivity contribution in [1.29, 1.82) is 0 Å². The van der Waals surface area contributed by atoms with Gasteiger partial charge in [-0.15, -0.1) is 11.8 Å². The van der Waals surface area contributed by atoms with Crippen LogP contribution >= 0.6 is 11.8 Å². The molecule has 0 bridgehead atoms. The molecule has 1 aromatic rings. The molecule has 7 nitrogen and oxygen atoms in total. The van der Waals surface area contributed by atoms with E-state index in [4.69, 9.17) is 4.74 Å². The van der Waals surface area contributed by atoms with Gasteiger partial charge in [-0.25, -0.2) is 0 Å². The Labute approximate surface area is 160 Å². The molecular weight excluding hydrogens is 366 g/mol. The molecule has 0 saturated heterocycles.